The van der Waals surface area contributed by atoms with Crippen LogP contribution in [-0.4, -0.2) is 37.4 Å². The zero-order chi connectivity index (χ0) is 18.3. The van der Waals surface area contributed by atoms with Gasteiger partial charge in [-0.2, -0.15) is 0 Å². The quantitative estimate of drug-likeness (QED) is 0.561. The van der Waals surface area contributed by atoms with Crippen molar-refractivity contribution in [2.24, 2.45) is 22.7 Å². The van der Waals surface area contributed by atoms with Gasteiger partial charge < -0.3 is 14.9 Å². The van der Waals surface area contributed by atoms with Crippen LogP contribution in [0.15, 0.2) is 0 Å². The molecule has 8 unspecified atom stereocenters. The van der Waals surface area contributed by atoms with E-state index in [0.29, 0.717) is 21.5 Å². The Balaban J connectivity index is 1.59. The van der Waals surface area contributed by atoms with E-state index in [4.69, 9.17) is 4.74 Å². The van der Waals surface area contributed by atoms with E-state index in [0.717, 1.165) is 51.4 Å². The molecular weight excluding hydrogens is 448 g/mol. The fourth-order valence-corrected chi connectivity index (χ4v) is 8.46. The van der Waals surface area contributed by atoms with Crippen molar-refractivity contribution in [1.82, 2.24) is 0 Å². The number of halogens is 2. The minimum Gasteiger partial charge on any atom is -0.390 e. The first-order valence-corrected chi connectivity index (χ1v) is 11.7. The first kappa shape index (κ1) is 19.2. The van der Waals surface area contributed by atoms with Crippen LogP contribution in [-0.2, 0) is 4.74 Å². The van der Waals surface area contributed by atoms with E-state index in [-0.39, 0.29) is 16.4 Å². The van der Waals surface area contributed by atoms with Gasteiger partial charge in [0.2, 0.25) is 0 Å². The monoisotopic (exact) mass is 478 g/mol. The van der Waals surface area contributed by atoms with Gasteiger partial charge in [0, 0.05) is 21.0 Å². The zero-order valence-electron chi connectivity index (χ0n) is 15.6. The maximum atomic E-state index is 11.4. The third-order valence-electron chi connectivity index (χ3n) is 8.11. The Kier molecular flexibility index (Phi) is 4.54. The predicted molar refractivity (Wildman–Crippen MR) is 106 cm³/mol. The highest BCUT2D eigenvalue weighted by molar-refractivity contribution is 9.09. The maximum absolute atomic E-state index is 11.4. The van der Waals surface area contributed by atoms with Crippen molar-refractivity contribution in [2.45, 2.75) is 99.3 Å². The molecule has 1 saturated heterocycles. The van der Waals surface area contributed by atoms with Gasteiger partial charge in [0.25, 0.3) is 0 Å². The predicted octanol–water partition coefficient (Wildman–Crippen LogP) is 4.76. The van der Waals surface area contributed by atoms with Crippen molar-refractivity contribution in [1.29, 1.82) is 0 Å². The Morgan fingerprint density at radius 1 is 1.00 bits per heavy atom. The summed E-state index contributed by atoms with van der Waals surface area (Å²) in [7, 11) is 0. The average molecular weight is 480 g/mol. The molecule has 0 radical (unpaired) electrons. The smallest absolute Gasteiger partial charge is 0.162 e. The molecule has 4 fully saturated rings. The topological polar surface area (TPSA) is 49.7 Å². The Hall–Kier alpha value is 0.840. The second-order valence-electron chi connectivity index (χ2n) is 10.3. The standard InChI is InChI=1S/C20H32Br2O3/c1-17(2)11-19(24,8-6-13(17)21)10-12-4-9-20-14(22)5-7-18(3,15(12)20)25-16(20)23/h12-16,23-24H,4-11H2,1-3H3. The van der Waals surface area contributed by atoms with Crippen LogP contribution in [0.25, 0.3) is 0 Å². The summed E-state index contributed by atoms with van der Waals surface area (Å²) in [5.74, 6) is 0.789. The number of hydrogen-bond donors (Lipinski definition) is 2. The number of aliphatic hydroxyl groups is 2. The molecule has 1 aliphatic heterocycles. The largest absolute Gasteiger partial charge is 0.390 e. The molecule has 2 N–H and O–H groups in total. The van der Waals surface area contributed by atoms with Crippen LogP contribution in [0.2, 0.25) is 0 Å². The lowest BCUT2D eigenvalue weighted by molar-refractivity contribution is -0.157. The third-order valence-corrected chi connectivity index (χ3v) is 11.1. The van der Waals surface area contributed by atoms with Crippen molar-refractivity contribution >= 4 is 31.9 Å². The lowest BCUT2D eigenvalue weighted by atomic mass is 9.59. The number of aliphatic hydroxyl groups excluding tert-OH is 1. The average Bonchev–Trinajstić information content (AvgIpc) is 2.96. The Morgan fingerprint density at radius 3 is 2.36 bits per heavy atom. The Morgan fingerprint density at radius 2 is 1.68 bits per heavy atom. The van der Waals surface area contributed by atoms with E-state index >= 15 is 0 Å². The second-order valence-corrected chi connectivity index (χ2v) is 12.5. The Bertz CT molecular complexity index is 555. The molecule has 0 spiro atoms. The van der Waals surface area contributed by atoms with Gasteiger partial charge in [-0.25, -0.2) is 0 Å². The molecule has 3 nitrogen and oxygen atoms in total. The minimum absolute atomic E-state index is 0.118. The van der Waals surface area contributed by atoms with Crippen molar-refractivity contribution in [3.8, 4) is 0 Å². The van der Waals surface area contributed by atoms with E-state index in [1.165, 1.54) is 0 Å². The van der Waals surface area contributed by atoms with Gasteiger partial charge >= 0.3 is 0 Å². The fraction of sp³-hybridized carbons (Fsp3) is 1.00. The minimum atomic E-state index is -0.663. The van der Waals surface area contributed by atoms with Crippen LogP contribution < -0.4 is 0 Å². The first-order valence-electron chi connectivity index (χ1n) is 9.89. The normalized spacial score (nSPS) is 57.5. The van der Waals surface area contributed by atoms with Crippen LogP contribution >= 0.6 is 31.9 Å². The summed E-state index contributed by atoms with van der Waals surface area (Å²) in [4.78, 5) is 0.806. The Labute approximate surface area is 168 Å². The highest BCUT2D eigenvalue weighted by Crippen LogP contribution is 2.69. The molecule has 1 heterocycles. The molecule has 25 heavy (non-hydrogen) atoms. The summed E-state index contributed by atoms with van der Waals surface area (Å²) in [5, 5.41) is 22.2. The third kappa shape index (κ3) is 2.73. The molecular formula is C20H32Br2O3. The summed E-state index contributed by atoms with van der Waals surface area (Å²) in [6.07, 6.45) is 7.12. The highest BCUT2D eigenvalue weighted by Gasteiger charge is 2.71. The summed E-state index contributed by atoms with van der Waals surface area (Å²) in [5.41, 5.74) is -0.851. The molecule has 4 rings (SSSR count). The van der Waals surface area contributed by atoms with Gasteiger partial charge in [0.1, 0.15) is 0 Å². The van der Waals surface area contributed by atoms with Gasteiger partial charge in [-0.3, -0.25) is 0 Å². The SMILES string of the molecule is CC1(C)CC(O)(CC2CCC34C(Br)CCC(C)(OC3O)C24)CCC1Br. The summed E-state index contributed by atoms with van der Waals surface area (Å²) in [6, 6.07) is 0. The van der Waals surface area contributed by atoms with Gasteiger partial charge in [-0.15, -0.1) is 0 Å². The van der Waals surface area contributed by atoms with Gasteiger partial charge in [0.15, 0.2) is 6.29 Å². The van der Waals surface area contributed by atoms with Crippen molar-refractivity contribution in [2.75, 3.05) is 0 Å². The molecule has 3 aliphatic carbocycles. The first-order chi connectivity index (χ1) is 11.5. The molecule has 0 amide bonds. The fourth-order valence-electron chi connectivity index (χ4n) is 7.10. The van der Waals surface area contributed by atoms with Crippen molar-refractivity contribution < 1.29 is 14.9 Å². The number of ether oxygens (including phenoxy) is 1. The molecule has 0 aromatic rings. The molecule has 5 heteroatoms. The van der Waals surface area contributed by atoms with E-state index in [9.17, 15) is 10.2 Å². The van der Waals surface area contributed by atoms with Crippen molar-refractivity contribution in [3.05, 3.63) is 0 Å². The van der Waals surface area contributed by atoms with Gasteiger partial charge in [-0.1, -0.05) is 45.7 Å². The molecule has 0 aromatic carbocycles. The molecule has 4 aliphatic rings. The van der Waals surface area contributed by atoms with E-state index < -0.39 is 11.9 Å². The maximum Gasteiger partial charge on any atom is 0.162 e. The van der Waals surface area contributed by atoms with Crippen LogP contribution in [0.4, 0.5) is 0 Å². The van der Waals surface area contributed by atoms with E-state index in [1.807, 2.05) is 0 Å². The molecule has 0 aromatic heterocycles. The van der Waals surface area contributed by atoms with Crippen LogP contribution in [0.1, 0.15) is 72.1 Å². The number of hydrogen-bond acceptors (Lipinski definition) is 3. The lowest BCUT2D eigenvalue weighted by Gasteiger charge is -2.49. The molecule has 144 valence electrons. The van der Waals surface area contributed by atoms with Gasteiger partial charge in [-0.05, 0) is 69.6 Å². The number of rotatable bonds is 2. The molecule has 2 bridgehead atoms. The van der Waals surface area contributed by atoms with Crippen LogP contribution in [0.5, 0.6) is 0 Å². The zero-order valence-corrected chi connectivity index (χ0v) is 18.8. The van der Waals surface area contributed by atoms with E-state index in [2.05, 4.69) is 52.6 Å². The number of alkyl halides is 2. The van der Waals surface area contributed by atoms with Crippen molar-refractivity contribution in [3.63, 3.8) is 0 Å². The van der Waals surface area contributed by atoms with E-state index in [1.54, 1.807) is 0 Å². The summed E-state index contributed by atoms with van der Waals surface area (Å²) in [6.45, 7) is 6.72. The summed E-state index contributed by atoms with van der Waals surface area (Å²) < 4.78 is 6.15. The molecule has 3 saturated carbocycles. The molecule has 8 atom stereocenters. The van der Waals surface area contributed by atoms with Crippen LogP contribution in [0.3, 0.4) is 0 Å². The second kappa shape index (κ2) is 5.92. The van der Waals surface area contributed by atoms with Crippen LogP contribution in [0, 0.1) is 22.7 Å². The van der Waals surface area contributed by atoms with Gasteiger partial charge in [0.05, 0.1) is 11.2 Å². The lowest BCUT2D eigenvalue weighted by Crippen LogP contribution is -2.51. The highest BCUT2D eigenvalue weighted by atomic mass is 79.9. The summed E-state index contributed by atoms with van der Waals surface area (Å²) >= 11 is 7.70.